The third-order valence-corrected chi connectivity index (χ3v) is 12.2. The molecule has 0 spiro atoms. The minimum atomic E-state index is -4.92. The summed E-state index contributed by atoms with van der Waals surface area (Å²) in [5, 5.41) is 11.8. The van der Waals surface area contributed by atoms with E-state index in [0.29, 0.717) is 48.5 Å². The number of benzene rings is 1. The van der Waals surface area contributed by atoms with Gasteiger partial charge in [0.1, 0.15) is 27.9 Å². The smallest absolute Gasteiger partial charge is 0.425 e. The predicted octanol–water partition coefficient (Wildman–Crippen LogP) is 9.51. The second-order valence-electron chi connectivity index (χ2n) is 15.4. The van der Waals surface area contributed by atoms with Crippen molar-refractivity contribution in [2.75, 3.05) is 26.2 Å². The zero-order chi connectivity index (χ0) is 42.5. The number of amides is 2. The Morgan fingerprint density at radius 2 is 1.72 bits per heavy atom. The van der Waals surface area contributed by atoms with Crippen LogP contribution in [0, 0.1) is 23.2 Å². The van der Waals surface area contributed by atoms with Gasteiger partial charge in [-0.05, 0) is 69.6 Å². The fourth-order valence-electron chi connectivity index (χ4n) is 8.36. The van der Waals surface area contributed by atoms with E-state index in [4.69, 9.17) is 9.47 Å². The standard InChI is InChI=1S/C42H48F6N4O5S/c1-5-11-34-40(57-29-24-35(58-25-29)42(46,47)48,16-10-20-52(34)37(54)36-32(41(43,44)45)14-8-19-50-36)38(55)51-21-17-39(26-49,18-22-51)31-13-6-7-15-33(31)56-23-9-12-30(27(2)3)28(4)53/h6-8,13-15,19,24-25,27,30,34H,5,9-12,16-18,20-23H2,1-4H3/t30-,34+,40-/m0/s1. The molecule has 2 saturated heterocycles. The largest absolute Gasteiger partial charge is 0.493 e. The number of thiophene rings is 1. The molecule has 4 heterocycles. The summed E-state index contributed by atoms with van der Waals surface area (Å²) in [6.45, 7) is 7.67. The highest BCUT2D eigenvalue weighted by atomic mass is 32.1. The SMILES string of the molecule is CCC[C@H]1N(C(=O)c2ncccc2C(F)(F)F)CCC[C@@]1(Oc1csc(C(F)(F)F)c1)C(=O)N1CCC(C#N)(c2ccccc2OCCC[C@H](C(C)=O)C(C)C)CC1. The van der Waals surface area contributed by atoms with E-state index in [1.807, 2.05) is 13.8 Å². The topological polar surface area (TPSA) is 113 Å². The van der Waals surface area contributed by atoms with Crippen molar-refractivity contribution in [3.63, 3.8) is 0 Å². The molecule has 0 bridgehead atoms. The van der Waals surface area contributed by atoms with Gasteiger partial charge in [0.25, 0.3) is 11.8 Å². The molecule has 2 aromatic heterocycles. The average molecular weight is 835 g/mol. The van der Waals surface area contributed by atoms with Crippen LogP contribution in [0.5, 0.6) is 11.5 Å². The fraction of sp³-hybridized carbons (Fsp3) is 0.548. The van der Waals surface area contributed by atoms with Crippen molar-refractivity contribution in [1.82, 2.24) is 14.8 Å². The van der Waals surface area contributed by atoms with Gasteiger partial charge < -0.3 is 19.3 Å². The Morgan fingerprint density at radius 1 is 1.02 bits per heavy atom. The molecule has 16 heteroatoms. The van der Waals surface area contributed by atoms with Crippen LogP contribution in [0.3, 0.4) is 0 Å². The van der Waals surface area contributed by atoms with E-state index in [1.165, 1.54) is 4.90 Å². The van der Waals surface area contributed by atoms with Gasteiger partial charge >= 0.3 is 12.4 Å². The summed E-state index contributed by atoms with van der Waals surface area (Å²) in [6.07, 6.45) is -6.49. The molecule has 314 valence electrons. The lowest BCUT2D eigenvalue weighted by atomic mass is 9.72. The normalized spacial score (nSPS) is 20.3. The zero-order valence-corrected chi connectivity index (χ0v) is 33.7. The summed E-state index contributed by atoms with van der Waals surface area (Å²) < 4.78 is 96.1. The lowest BCUT2D eigenvalue weighted by molar-refractivity contribution is -0.160. The number of ether oxygens (including phenoxy) is 2. The van der Waals surface area contributed by atoms with Gasteiger partial charge in [-0.3, -0.25) is 19.4 Å². The molecular formula is C42H48F6N4O5S. The Bertz CT molecular complexity index is 1970. The summed E-state index contributed by atoms with van der Waals surface area (Å²) >= 11 is 0.373. The number of pyridine rings is 1. The van der Waals surface area contributed by atoms with Crippen molar-refractivity contribution in [1.29, 1.82) is 5.26 Å². The van der Waals surface area contributed by atoms with E-state index in [2.05, 4.69) is 11.1 Å². The fourth-order valence-corrected chi connectivity index (χ4v) is 9.03. The van der Waals surface area contributed by atoms with Crippen LogP contribution in [0.4, 0.5) is 26.3 Å². The highest BCUT2D eigenvalue weighted by Gasteiger charge is 2.57. The van der Waals surface area contributed by atoms with Gasteiger partial charge in [-0.1, -0.05) is 45.4 Å². The molecule has 2 amide bonds. The van der Waals surface area contributed by atoms with Gasteiger partial charge in [0.05, 0.1) is 29.7 Å². The van der Waals surface area contributed by atoms with Crippen LogP contribution < -0.4 is 9.47 Å². The molecule has 58 heavy (non-hydrogen) atoms. The van der Waals surface area contributed by atoms with Crippen molar-refractivity contribution >= 4 is 28.9 Å². The maximum atomic E-state index is 15.0. The minimum Gasteiger partial charge on any atom is -0.493 e. The molecule has 0 aliphatic carbocycles. The highest BCUT2D eigenvalue weighted by molar-refractivity contribution is 7.10. The van der Waals surface area contributed by atoms with Crippen LogP contribution in [-0.2, 0) is 27.4 Å². The summed E-state index contributed by atoms with van der Waals surface area (Å²) in [6, 6.07) is 11.0. The third-order valence-electron chi connectivity index (χ3n) is 11.3. The molecule has 2 aliphatic rings. The van der Waals surface area contributed by atoms with Gasteiger partial charge in [-0.15, -0.1) is 11.3 Å². The molecule has 0 saturated carbocycles. The molecule has 0 unspecified atom stereocenters. The monoisotopic (exact) mass is 834 g/mol. The molecule has 0 N–H and O–H groups in total. The van der Waals surface area contributed by atoms with Crippen LogP contribution in [-0.4, -0.2) is 70.3 Å². The van der Waals surface area contributed by atoms with Gasteiger partial charge in [-0.2, -0.15) is 31.6 Å². The molecule has 2 aliphatic heterocycles. The molecule has 2 fully saturated rings. The number of hydrogen-bond acceptors (Lipinski definition) is 8. The Balaban J connectivity index is 1.46. The Labute approximate surface area is 338 Å². The van der Waals surface area contributed by atoms with Crippen molar-refractivity contribution in [3.05, 3.63) is 75.7 Å². The number of para-hydroxylation sites is 1. The second kappa shape index (κ2) is 18.1. The minimum absolute atomic E-state index is 0.0310. The van der Waals surface area contributed by atoms with Crippen LogP contribution in [0.2, 0.25) is 0 Å². The summed E-state index contributed by atoms with van der Waals surface area (Å²) in [4.78, 5) is 46.7. The molecule has 1 aromatic carbocycles. The number of halogens is 6. The van der Waals surface area contributed by atoms with Gasteiger partial charge in [-0.25, -0.2) is 0 Å². The number of ketones is 1. The maximum absolute atomic E-state index is 15.0. The summed E-state index contributed by atoms with van der Waals surface area (Å²) in [5.74, 6) is -1.26. The average Bonchev–Trinajstić information content (AvgIpc) is 3.67. The number of likely N-dealkylation sites (tertiary alicyclic amines) is 2. The third kappa shape index (κ3) is 9.45. The maximum Gasteiger partial charge on any atom is 0.425 e. The van der Waals surface area contributed by atoms with E-state index in [0.717, 1.165) is 34.7 Å². The first-order valence-corrected chi connectivity index (χ1v) is 20.4. The number of hydrogen-bond donors (Lipinski definition) is 0. The number of carbonyl (C=O) groups is 3. The molecule has 3 aromatic rings. The molecule has 9 nitrogen and oxygen atoms in total. The van der Waals surface area contributed by atoms with E-state index in [9.17, 15) is 41.2 Å². The van der Waals surface area contributed by atoms with E-state index < -0.39 is 57.4 Å². The number of Topliss-reactive ketones (excluding diaryl/α,β-unsaturated/α-hetero) is 1. The molecule has 5 rings (SSSR count). The van der Waals surface area contributed by atoms with Crippen molar-refractivity contribution in [2.45, 2.75) is 108 Å². The number of piperidine rings is 2. The molecule has 3 atom stereocenters. The first kappa shape index (κ1) is 44.5. The van der Waals surface area contributed by atoms with Crippen LogP contribution >= 0.6 is 11.3 Å². The van der Waals surface area contributed by atoms with Crippen LogP contribution in [0.25, 0.3) is 0 Å². The van der Waals surface area contributed by atoms with E-state index in [1.54, 1.807) is 38.1 Å². The van der Waals surface area contributed by atoms with Crippen LogP contribution in [0.15, 0.2) is 54.0 Å². The Hall–Kier alpha value is -4.65. The van der Waals surface area contributed by atoms with Gasteiger partial charge in [0, 0.05) is 55.2 Å². The first-order chi connectivity index (χ1) is 27.4. The van der Waals surface area contributed by atoms with Crippen molar-refractivity contribution < 1.29 is 50.2 Å². The number of aromatic nitrogens is 1. The molecular weight excluding hydrogens is 787 g/mol. The number of rotatable bonds is 14. The predicted molar refractivity (Wildman–Crippen MR) is 204 cm³/mol. The lowest BCUT2D eigenvalue weighted by Gasteiger charge is -2.51. The van der Waals surface area contributed by atoms with Gasteiger partial charge in [0.15, 0.2) is 0 Å². The van der Waals surface area contributed by atoms with E-state index >= 15 is 4.79 Å². The lowest BCUT2D eigenvalue weighted by Crippen LogP contribution is -2.68. The van der Waals surface area contributed by atoms with Crippen molar-refractivity contribution in [3.8, 4) is 17.6 Å². The number of nitriles is 1. The Kier molecular flexibility index (Phi) is 13.9. The molecule has 0 radical (unpaired) electrons. The zero-order valence-electron chi connectivity index (χ0n) is 32.9. The summed E-state index contributed by atoms with van der Waals surface area (Å²) in [7, 11) is 0. The first-order valence-electron chi connectivity index (χ1n) is 19.5. The number of carbonyl (C=O) groups excluding carboxylic acids is 3. The summed E-state index contributed by atoms with van der Waals surface area (Å²) in [5.41, 5.74) is -4.54. The highest BCUT2D eigenvalue weighted by Crippen LogP contribution is 2.45. The second-order valence-corrected chi connectivity index (χ2v) is 16.3. The number of nitrogens with zero attached hydrogens (tertiary/aromatic N) is 4. The van der Waals surface area contributed by atoms with Gasteiger partial charge in [0.2, 0.25) is 5.60 Å². The Morgan fingerprint density at radius 3 is 2.33 bits per heavy atom. The van der Waals surface area contributed by atoms with E-state index in [-0.39, 0.29) is 75.1 Å². The quantitative estimate of drug-likeness (QED) is 0.118. The number of alkyl halides is 6. The van der Waals surface area contributed by atoms with Crippen molar-refractivity contribution in [2.24, 2.45) is 11.8 Å². The van der Waals surface area contributed by atoms with Crippen LogP contribution in [0.1, 0.15) is 106 Å².